The maximum atomic E-state index is 12.1. The number of carbonyl (C=O) groups excluding carboxylic acids is 1. The van der Waals surface area contributed by atoms with Gasteiger partial charge in [-0.15, -0.1) is 9.13 Å². The first-order valence-electron chi connectivity index (χ1n) is 14.5. The number of nitrogens with zero attached hydrogens (tertiary/aromatic N) is 2. The van der Waals surface area contributed by atoms with Crippen LogP contribution in [-0.2, 0) is 17.8 Å². The number of hydrogen-bond donors (Lipinski definition) is 0. The van der Waals surface area contributed by atoms with Crippen LogP contribution in [0.15, 0.2) is 54.9 Å². The zero-order chi connectivity index (χ0) is 26.0. The molecular formula is C32H50N2O2+2. The Balaban J connectivity index is 1.77. The summed E-state index contributed by atoms with van der Waals surface area (Å²) in [5.41, 5.74) is 1.38. The van der Waals surface area contributed by atoms with Gasteiger partial charge >= 0.3 is 11.8 Å². The quantitative estimate of drug-likeness (QED) is 0.0865. The molecule has 2 aromatic rings. The standard InChI is InChI=1S/C32H50N2O2/c1-5-7-8-9-10-11-12-13-14-15-16-17-18-20-25-33-26-21-19-24-31(33)34-27-22-23-30(29(34)6-2)36-32(35)28(3)4/h19,21-24,26-27H,3,5-18,20,25H2,1-2,4H3/q+2. The third kappa shape index (κ3) is 10.6. The van der Waals surface area contributed by atoms with E-state index in [1.165, 1.54) is 89.9 Å². The second-order valence-electron chi connectivity index (χ2n) is 10.1. The number of pyridine rings is 2. The van der Waals surface area contributed by atoms with Gasteiger partial charge in [-0.1, -0.05) is 97.5 Å². The van der Waals surface area contributed by atoms with Crippen molar-refractivity contribution in [1.82, 2.24) is 0 Å². The number of ether oxygens (including phenoxy) is 1. The average Bonchev–Trinajstić information content (AvgIpc) is 2.89. The second-order valence-corrected chi connectivity index (χ2v) is 10.1. The number of hydrogen-bond acceptors (Lipinski definition) is 2. The van der Waals surface area contributed by atoms with Crippen molar-refractivity contribution in [1.29, 1.82) is 0 Å². The highest BCUT2D eigenvalue weighted by Gasteiger charge is 2.26. The topological polar surface area (TPSA) is 34.1 Å². The van der Waals surface area contributed by atoms with E-state index in [0.29, 0.717) is 11.3 Å². The first-order chi connectivity index (χ1) is 17.6. The molecule has 0 aromatic carbocycles. The molecule has 0 N–H and O–H groups in total. The summed E-state index contributed by atoms with van der Waals surface area (Å²) in [5.74, 6) is 1.31. The summed E-state index contributed by atoms with van der Waals surface area (Å²) in [7, 11) is 0. The maximum absolute atomic E-state index is 12.1. The normalized spacial score (nSPS) is 11.0. The Kier molecular flexibility index (Phi) is 14.8. The highest BCUT2D eigenvalue weighted by Crippen LogP contribution is 2.17. The van der Waals surface area contributed by atoms with Crippen LogP contribution in [0.5, 0.6) is 5.75 Å². The van der Waals surface area contributed by atoms with Crippen LogP contribution in [0, 0.1) is 0 Å². The zero-order valence-corrected chi connectivity index (χ0v) is 23.3. The minimum absolute atomic E-state index is 0.384. The Morgan fingerprint density at radius 3 is 1.92 bits per heavy atom. The molecular weight excluding hydrogens is 444 g/mol. The van der Waals surface area contributed by atoms with Gasteiger partial charge in [0.1, 0.15) is 0 Å². The van der Waals surface area contributed by atoms with Crippen molar-refractivity contribution < 1.29 is 18.7 Å². The molecule has 0 aliphatic heterocycles. The Morgan fingerprint density at radius 1 is 0.778 bits per heavy atom. The Morgan fingerprint density at radius 2 is 1.36 bits per heavy atom. The fraction of sp³-hybridized carbons (Fsp3) is 0.594. The van der Waals surface area contributed by atoms with Crippen molar-refractivity contribution in [2.75, 3.05) is 0 Å². The molecule has 0 bridgehead atoms. The molecule has 0 fully saturated rings. The molecule has 0 atom stereocenters. The van der Waals surface area contributed by atoms with Gasteiger partial charge in [-0.3, -0.25) is 0 Å². The van der Waals surface area contributed by atoms with Crippen LogP contribution < -0.4 is 13.9 Å². The molecule has 198 valence electrons. The monoisotopic (exact) mass is 494 g/mol. The molecule has 2 aromatic heterocycles. The van der Waals surface area contributed by atoms with E-state index in [-0.39, 0.29) is 5.97 Å². The van der Waals surface area contributed by atoms with Crippen LogP contribution >= 0.6 is 0 Å². The third-order valence-corrected chi connectivity index (χ3v) is 6.86. The smallest absolute Gasteiger partial charge is 0.416 e. The molecule has 0 spiro atoms. The van der Waals surface area contributed by atoms with E-state index in [0.717, 1.165) is 24.5 Å². The van der Waals surface area contributed by atoms with Crippen molar-refractivity contribution >= 4 is 5.97 Å². The maximum Gasteiger partial charge on any atom is 0.449 e. The summed E-state index contributed by atoms with van der Waals surface area (Å²) < 4.78 is 10.1. The lowest BCUT2D eigenvalue weighted by Gasteiger charge is -2.08. The number of aromatic nitrogens is 2. The van der Waals surface area contributed by atoms with Crippen molar-refractivity contribution in [2.24, 2.45) is 0 Å². The molecule has 0 radical (unpaired) electrons. The van der Waals surface area contributed by atoms with Gasteiger partial charge in [0, 0.05) is 30.5 Å². The van der Waals surface area contributed by atoms with Gasteiger partial charge in [0.15, 0.2) is 24.7 Å². The molecule has 36 heavy (non-hydrogen) atoms. The van der Waals surface area contributed by atoms with Gasteiger partial charge in [0.05, 0.1) is 6.07 Å². The highest BCUT2D eigenvalue weighted by atomic mass is 16.5. The summed E-state index contributed by atoms with van der Waals surface area (Å²) in [5, 5.41) is 0. The van der Waals surface area contributed by atoms with Crippen molar-refractivity contribution in [3.63, 3.8) is 0 Å². The van der Waals surface area contributed by atoms with Gasteiger partial charge in [-0.25, -0.2) is 4.79 Å². The molecule has 0 amide bonds. The predicted molar refractivity (Wildman–Crippen MR) is 148 cm³/mol. The molecule has 4 heteroatoms. The Labute approximate surface area is 220 Å². The lowest BCUT2D eigenvalue weighted by molar-refractivity contribution is -0.795. The molecule has 2 rings (SSSR count). The lowest BCUT2D eigenvalue weighted by atomic mass is 10.0. The summed E-state index contributed by atoms with van der Waals surface area (Å²) in [4.78, 5) is 12.1. The fourth-order valence-corrected chi connectivity index (χ4v) is 4.71. The van der Waals surface area contributed by atoms with Crippen molar-refractivity contribution in [3.05, 3.63) is 60.6 Å². The van der Waals surface area contributed by atoms with Crippen molar-refractivity contribution in [2.45, 2.75) is 124 Å². The summed E-state index contributed by atoms with van der Waals surface area (Å²) in [6.45, 7) is 10.7. The first-order valence-corrected chi connectivity index (χ1v) is 14.5. The number of rotatable bonds is 19. The second kappa shape index (κ2) is 17.9. The van der Waals surface area contributed by atoms with E-state index in [1.807, 2.05) is 18.3 Å². The molecule has 0 aliphatic rings. The number of aryl methyl sites for hydroxylation is 1. The van der Waals surface area contributed by atoms with Gasteiger partial charge in [-0.2, -0.15) is 0 Å². The van der Waals surface area contributed by atoms with E-state index in [1.54, 1.807) is 6.92 Å². The minimum atomic E-state index is -0.384. The summed E-state index contributed by atoms with van der Waals surface area (Å²) in [6, 6.07) is 10.1. The number of carbonyl (C=O) groups is 1. The Hall–Kier alpha value is -2.49. The van der Waals surface area contributed by atoms with Gasteiger partial charge < -0.3 is 4.74 Å². The van der Waals surface area contributed by atoms with Crippen LogP contribution in [0.4, 0.5) is 0 Å². The van der Waals surface area contributed by atoms with Gasteiger partial charge in [-0.05, 0) is 25.5 Å². The largest absolute Gasteiger partial charge is 0.449 e. The van der Waals surface area contributed by atoms with Crippen molar-refractivity contribution in [3.8, 4) is 11.6 Å². The molecule has 0 saturated carbocycles. The zero-order valence-electron chi connectivity index (χ0n) is 23.3. The molecule has 2 heterocycles. The van der Waals surface area contributed by atoms with Crippen LogP contribution in [0.2, 0.25) is 0 Å². The number of esters is 1. The average molecular weight is 495 g/mol. The molecule has 0 aliphatic carbocycles. The van der Waals surface area contributed by atoms with Crippen LogP contribution in [0.3, 0.4) is 0 Å². The van der Waals surface area contributed by atoms with Crippen LogP contribution in [-0.4, -0.2) is 5.97 Å². The molecule has 0 unspecified atom stereocenters. The Bertz CT molecular complexity index is 922. The first kappa shape index (κ1) is 29.7. The summed E-state index contributed by atoms with van der Waals surface area (Å²) in [6.07, 6.45) is 24.1. The predicted octanol–water partition coefficient (Wildman–Crippen LogP) is 7.78. The van der Waals surface area contributed by atoms with Gasteiger partial charge in [0.2, 0.25) is 5.69 Å². The van der Waals surface area contributed by atoms with E-state index < -0.39 is 0 Å². The fourth-order valence-electron chi connectivity index (χ4n) is 4.71. The van der Waals surface area contributed by atoms with Crippen LogP contribution in [0.1, 0.15) is 116 Å². The van der Waals surface area contributed by atoms with E-state index in [2.05, 4.69) is 54.0 Å². The lowest BCUT2D eigenvalue weighted by Crippen LogP contribution is -2.50. The number of unbranched alkanes of at least 4 members (excludes halogenated alkanes) is 13. The molecule has 4 nitrogen and oxygen atoms in total. The van der Waals surface area contributed by atoms with E-state index in [4.69, 9.17) is 4.74 Å². The SMILES string of the molecule is C=C(C)C(=O)Oc1ccc[n+](-c2cccc[n+]2CCCCCCCCCCCCCCCC)c1CC. The van der Waals surface area contributed by atoms with Gasteiger partial charge in [0.25, 0.3) is 0 Å². The molecule has 0 saturated heterocycles. The third-order valence-electron chi connectivity index (χ3n) is 6.86. The van der Waals surface area contributed by atoms with E-state index >= 15 is 0 Å². The van der Waals surface area contributed by atoms with Crippen LogP contribution in [0.25, 0.3) is 5.82 Å². The minimum Gasteiger partial charge on any atom is -0.416 e. The highest BCUT2D eigenvalue weighted by molar-refractivity contribution is 5.88. The summed E-state index contributed by atoms with van der Waals surface area (Å²) >= 11 is 0. The van der Waals surface area contributed by atoms with E-state index in [9.17, 15) is 4.79 Å².